The van der Waals surface area contributed by atoms with Gasteiger partial charge >= 0.3 is 0 Å². The highest BCUT2D eigenvalue weighted by molar-refractivity contribution is 5.92. The van der Waals surface area contributed by atoms with E-state index in [9.17, 15) is 4.79 Å². The molecule has 0 aliphatic rings. The summed E-state index contributed by atoms with van der Waals surface area (Å²) in [5, 5.41) is 2.74. The first-order valence-electron chi connectivity index (χ1n) is 4.12. The van der Waals surface area contributed by atoms with Gasteiger partial charge in [-0.1, -0.05) is 0 Å². The van der Waals surface area contributed by atoms with Gasteiger partial charge in [0.2, 0.25) is 0 Å². The van der Waals surface area contributed by atoms with Crippen molar-refractivity contribution >= 4 is 11.6 Å². The van der Waals surface area contributed by atoms with Crippen LogP contribution in [0.4, 0.5) is 5.69 Å². The molecule has 13 heavy (non-hydrogen) atoms. The summed E-state index contributed by atoms with van der Waals surface area (Å²) in [6.45, 7) is 3.80. The zero-order chi connectivity index (χ0) is 9.84. The van der Waals surface area contributed by atoms with Crippen molar-refractivity contribution in [2.24, 2.45) is 0 Å². The van der Waals surface area contributed by atoms with Crippen LogP contribution in [-0.4, -0.2) is 16.9 Å². The summed E-state index contributed by atoms with van der Waals surface area (Å²) in [6.07, 6.45) is 1.47. The third kappa shape index (κ3) is 2.74. The van der Waals surface area contributed by atoms with Gasteiger partial charge < -0.3 is 11.1 Å². The minimum atomic E-state index is -0.171. The van der Waals surface area contributed by atoms with Crippen molar-refractivity contribution in [3.05, 3.63) is 24.0 Å². The molecule has 0 saturated heterocycles. The molecule has 1 aromatic heterocycles. The Morgan fingerprint density at radius 1 is 1.54 bits per heavy atom. The third-order valence-electron chi connectivity index (χ3n) is 1.44. The van der Waals surface area contributed by atoms with Crippen LogP contribution in [0.1, 0.15) is 24.3 Å². The Bertz CT molecular complexity index is 292. The van der Waals surface area contributed by atoms with Crippen LogP contribution in [0.5, 0.6) is 0 Å². The van der Waals surface area contributed by atoms with E-state index in [1.807, 2.05) is 13.8 Å². The lowest BCUT2D eigenvalue weighted by Gasteiger charge is -2.07. The Hall–Kier alpha value is -1.58. The maximum absolute atomic E-state index is 11.4. The average molecular weight is 179 g/mol. The number of aromatic nitrogens is 1. The molecule has 0 aliphatic carbocycles. The topological polar surface area (TPSA) is 68.0 Å². The van der Waals surface area contributed by atoms with E-state index in [1.165, 1.54) is 6.20 Å². The molecule has 4 heteroatoms. The van der Waals surface area contributed by atoms with Crippen LogP contribution in [0.15, 0.2) is 18.3 Å². The number of carbonyl (C=O) groups is 1. The number of carbonyl (C=O) groups excluding carboxylic acids is 1. The van der Waals surface area contributed by atoms with Crippen molar-refractivity contribution in [1.82, 2.24) is 10.3 Å². The first-order valence-corrected chi connectivity index (χ1v) is 4.12. The molecule has 70 valence electrons. The summed E-state index contributed by atoms with van der Waals surface area (Å²) in [5.41, 5.74) is 6.38. The molecule has 0 radical (unpaired) electrons. The monoisotopic (exact) mass is 179 g/mol. The molecule has 0 fully saturated rings. The highest BCUT2D eigenvalue weighted by Crippen LogP contribution is 2.00. The van der Waals surface area contributed by atoms with E-state index in [2.05, 4.69) is 10.3 Å². The molecule has 4 nitrogen and oxygen atoms in total. The van der Waals surface area contributed by atoms with E-state index in [0.717, 1.165) is 0 Å². The number of rotatable bonds is 2. The number of nitrogens with zero attached hydrogens (tertiary/aromatic N) is 1. The van der Waals surface area contributed by atoms with Gasteiger partial charge in [-0.3, -0.25) is 4.79 Å². The van der Waals surface area contributed by atoms with E-state index in [1.54, 1.807) is 12.1 Å². The van der Waals surface area contributed by atoms with Crippen LogP contribution < -0.4 is 11.1 Å². The minimum absolute atomic E-state index is 0.117. The second-order valence-electron chi connectivity index (χ2n) is 3.10. The molecule has 1 rings (SSSR count). The Labute approximate surface area is 77.2 Å². The number of hydrogen-bond acceptors (Lipinski definition) is 3. The molecule has 0 bridgehead atoms. The Morgan fingerprint density at radius 2 is 2.23 bits per heavy atom. The van der Waals surface area contributed by atoms with Crippen molar-refractivity contribution in [3.63, 3.8) is 0 Å². The third-order valence-corrected chi connectivity index (χ3v) is 1.44. The van der Waals surface area contributed by atoms with Gasteiger partial charge in [0.1, 0.15) is 5.69 Å². The summed E-state index contributed by atoms with van der Waals surface area (Å²) in [4.78, 5) is 15.2. The van der Waals surface area contributed by atoms with Gasteiger partial charge in [0.15, 0.2) is 0 Å². The highest BCUT2D eigenvalue weighted by Gasteiger charge is 2.06. The lowest BCUT2D eigenvalue weighted by Crippen LogP contribution is -2.30. The van der Waals surface area contributed by atoms with E-state index < -0.39 is 0 Å². The number of anilines is 1. The number of pyridine rings is 1. The number of nitrogens with two attached hydrogens (primary N) is 1. The van der Waals surface area contributed by atoms with Crippen LogP contribution in [0.2, 0.25) is 0 Å². The zero-order valence-corrected chi connectivity index (χ0v) is 7.74. The lowest BCUT2D eigenvalue weighted by atomic mass is 10.3. The predicted octanol–water partition coefficient (Wildman–Crippen LogP) is 0.802. The van der Waals surface area contributed by atoms with Crippen molar-refractivity contribution in [2.75, 3.05) is 5.73 Å². The number of nitrogens with one attached hydrogen (secondary N) is 1. The molecule has 3 N–H and O–H groups in total. The smallest absolute Gasteiger partial charge is 0.270 e. The Balaban J connectivity index is 2.72. The van der Waals surface area contributed by atoms with Crippen LogP contribution in [0.3, 0.4) is 0 Å². The Morgan fingerprint density at radius 3 is 2.69 bits per heavy atom. The molecule has 1 heterocycles. The summed E-state index contributed by atoms with van der Waals surface area (Å²) in [7, 11) is 0. The van der Waals surface area contributed by atoms with Crippen LogP contribution in [0.25, 0.3) is 0 Å². The molecule has 0 aromatic carbocycles. The molecule has 0 unspecified atom stereocenters. The van der Waals surface area contributed by atoms with Crippen molar-refractivity contribution in [1.29, 1.82) is 0 Å². The first kappa shape index (κ1) is 9.51. The maximum atomic E-state index is 11.4. The van der Waals surface area contributed by atoms with Gasteiger partial charge in [-0.15, -0.1) is 0 Å². The fraction of sp³-hybridized carbons (Fsp3) is 0.333. The Kier molecular flexibility index (Phi) is 2.84. The fourth-order valence-corrected chi connectivity index (χ4v) is 0.876. The number of nitrogen functional groups attached to an aromatic ring is 1. The second kappa shape index (κ2) is 3.89. The average Bonchev–Trinajstić information content (AvgIpc) is 2.04. The van der Waals surface area contributed by atoms with E-state index >= 15 is 0 Å². The quantitative estimate of drug-likeness (QED) is 0.705. The maximum Gasteiger partial charge on any atom is 0.270 e. The van der Waals surface area contributed by atoms with Crippen molar-refractivity contribution < 1.29 is 4.79 Å². The van der Waals surface area contributed by atoms with Crippen LogP contribution in [-0.2, 0) is 0 Å². The van der Waals surface area contributed by atoms with Gasteiger partial charge in [0.25, 0.3) is 5.91 Å². The molecular weight excluding hydrogens is 166 g/mol. The SMILES string of the molecule is CC(C)NC(=O)c1ccc(N)cn1. The van der Waals surface area contributed by atoms with Gasteiger partial charge in [-0.05, 0) is 26.0 Å². The van der Waals surface area contributed by atoms with Gasteiger partial charge in [0.05, 0.1) is 11.9 Å². The summed E-state index contributed by atoms with van der Waals surface area (Å²) >= 11 is 0. The van der Waals surface area contributed by atoms with Gasteiger partial charge in [0, 0.05) is 6.04 Å². The standard InChI is InChI=1S/C9H13N3O/c1-6(2)12-9(13)8-4-3-7(10)5-11-8/h3-6H,10H2,1-2H3,(H,12,13). The highest BCUT2D eigenvalue weighted by atomic mass is 16.1. The van der Waals surface area contributed by atoms with E-state index in [-0.39, 0.29) is 11.9 Å². The van der Waals surface area contributed by atoms with Crippen molar-refractivity contribution in [3.8, 4) is 0 Å². The molecule has 0 aliphatic heterocycles. The van der Waals surface area contributed by atoms with Gasteiger partial charge in [-0.25, -0.2) is 4.98 Å². The molecule has 0 atom stereocenters. The summed E-state index contributed by atoms with van der Waals surface area (Å²) in [5.74, 6) is -0.171. The van der Waals surface area contributed by atoms with Crippen molar-refractivity contribution in [2.45, 2.75) is 19.9 Å². The second-order valence-corrected chi connectivity index (χ2v) is 3.10. The molecule has 1 aromatic rings. The lowest BCUT2D eigenvalue weighted by molar-refractivity contribution is 0.0938. The van der Waals surface area contributed by atoms with Gasteiger partial charge in [-0.2, -0.15) is 0 Å². The van der Waals surface area contributed by atoms with Crippen LogP contribution >= 0.6 is 0 Å². The molecule has 1 amide bonds. The molecule has 0 saturated carbocycles. The zero-order valence-electron chi connectivity index (χ0n) is 7.74. The fourth-order valence-electron chi connectivity index (χ4n) is 0.876. The molecular formula is C9H13N3O. The predicted molar refractivity (Wildman–Crippen MR) is 51.3 cm³/mol. The summed E-state index contributed by atoms with van der Waals surface area (Å²) < 4.78 is 0. The number of amides is 1. The van der Waals surface area contributed by atoms with Crippen LogP contribution in [0, 0.1) is 0 Å². The minimum Gasteiger partial charge on any atom is -0.397 e. The first-order chi connectivity index (χ1) is 6.09. The van der Waals surface area contributed by atoms with E-state index in [4.69, 9.17) is 5.73 Å². The van der Waals surface area contributed by atoms with E-state index in [0.29, 0.717) is 11.4 Å². The number of hydrogen-bond donors (Lipinski definition) is 2. The normalized spacial score (nSPS) is 10.1. The summed E-state index contributed by atoms with van der Waals surface area (Å²) in [6, 6.07) is 3.38. The largest absolute Gasteiger partial charge is 0.397 e. The molecule has 0 spiro atoms.